The summed E-state index contributed by atoms with van der Waals surface area (Å²) in [6, 6.07) is 1.68. The molecule has 98 valence electrons. The SMILES string of the molecule is O=[N+]([O-])c1c(O)c(C2CCNCC2)cc(Br)c1Cl. The van der Waals surface area contributed by atoms with Gasteiger partial charge in [0.1, 0.15) is 5.02 Å². The zero-order valence-corrected chi connectivity index (χ0v) is 11.8. The number of piperidine rings is 1. The van der Waals surface area contributed by atoms with Crippen molar-refractivity contribution in [1.29, 1.82) is 0 Å². The molecule has 1 aromatic rings. The van der Waals surface area contributed by atoms with Gasteiger partial charge in [0.05, 0.1) is 4.92 Å². The zero-order chi connectivity index (χ0) is 13.3. The van der Waals surface area contributed by atoms with Crippen molar-refractivity contribution in [2.45, 2.75) is 18.8 Å². The van der Waals surface area contributed by atoms with Crippen LogP contribution in [-0.2, 0) is 0 Å². The van der Waals surface area contributed by atoms with E-state index in [-0.39, 0.29) is 16.7 Å². The van der Waals surface area contributed by atoms with Crippen LogP contribution in [0.15, 0.2) is 10.5 Å². The van der Waals surface area contributed by atoms with Crippen molar-refractivity contribution in [3.05, 3.63) is 31.2 Å². The highest BCUT2D eigenvalue weighted by molar-refractivity contribution is 9.10. The highest BCUT2D eigenvalue weighted by Crippen LogP contribution is 2.45. The first-order chi connectivity index (χ1) is 8.52. The normalized spacial score (nSPS) is 16.8. The number of phenolic OH excluding ortho intramolecular Hbond substituents is 1. The van der Waals surface area contributed by atoms with Gasteiger partial charge in [0.15, 0.2) is 5.75 Å². The number of nitro groups is 1. The molecule has 7 heteroatoms. The molecule has 0 amide bonds. The molecule has 0 aliphatic carbocycles. The second-order valence-corrected chi connectivity index (χ2v) is 5.47. The lowest BCUT2D eigenvalue weighted by Crippen LogP contribution is -2.26. The van der Waals surface area contributed by atoms with Gasteiger partial charge >= 0.3 is 5.69 Å². The van der Waals surface area contributed by atoms with Crippen molar-refractivity contribution in [2.24, 2.45) is 0 Å². The maximum atomic E-state index is 11.0. The van der Waals surface area contributed by atoms with E-state index in [1.54, 1.807) is 6.07 Å². The van der Waals surface area contributed by atoms with Crippen LogP contribution in [0, 0.1) is 10.1 Å². The summed E-state index contributed by atoms with van der Waals surface area (Å²) in [7, 11) is 0. The van der Waals surface area contributed by atoms with Gasteiger partial charge in [0.25, 0.3) is 0 Å². The summed E-state index contributed by atoms with van der Waals surface area (Å²) in [5.74, 6) is -0.182. The molecule has 18 heavy (non-hydrogen) atoms. The van der Waals surface area contributed by atoms with Crippen molar-refractivity contribution >= 4 is 33.2 Å². The summed E-state index contributed by atoms with van der Waals surface area (Å²) in [4.78, 5) is 10.3. The van der Waals surface area contributed by atoms with E-state index < -0.39 is 10.6 Å². The molecule has 1 aliphatic heterocycles. The van der Waals surface area contributed by atoms with E-state index in [2.05, 4.69) is 21.2 Å². The second kappa shape index (κ2) is 5.42. The molecule has 1 aliphatic rings. The van der Waals surface area contributed by atoms with Crippen molar-refractivity contribution in [2.75, 3.05) is 13.1 Å². The van der Waals surface area contributed by atoms with Crippen LogP contribution in [0.25, 0.3) is 0 Å². The Balaban J connectivity index is 2.50. The summed E-state index contributed by atoms with van der Waals surface area (Å²) < 4.78 is 0.446. The average molecular weight is 336 g/mol. The summed E-state index contributed by atoms with van der Waals surface area (Å²) >= 11 is 9.05. The van der Waals surface area contributed by atoms with E-state index in [4.69, 9.17) is 11.6 Å². The number of nitrogens with zero attached hydrogens (tertiary/aromatic N) is 1. The van der Waals surface area contributed by atoms with Crippen LogP contribution in [-0.4, -0.2) is 23.1 Å². The Morgan fingerprint density at radius 1 is 1.50 bits per heavy atom. The molecule has 2 N–H and O–H groups in total. The first kappa shape index (κ1) is 13.6. The number of aromatic hydroxyl groups is 1. The Morgan fingerprint density at radius 3 is 2.67 bits per heavy atom. The van der Waals surface area contributed by atoms with Gasteiger partial charge in [-0.15, -0.1) is 0 Å². The second-order valence-electron chi connectivity index (χ2n) is 4.24. The maximum absolute atomic E-state index is 11.0. The third-order valence-electron chi connectivity index (χ3n) is 3.16. The Bertz CT molecular complexity index is 490. The summed E-state index contributed by atoms with van der Waals surface area (Å²) in [6.45, 7) is 1.69. The highest BCUT2D eigenvalue weighted by atomic mass is 79.9. The Kier molecular flexibility index (Phi) is 4.09. The summed E-state index contributed by atoms with van der Waals surface area (Å²) in [5.41, 5.74) is 0.180. The first-order valence-electron chi connectivity index (χ1n) is 5.58. The minimum Gasteiger partial charge on any atom is -0.502 e. The minimum atomic E-state index is -0.646. The molecule has 5 nitrogen and oxygen atoms in total. The van der Waals surface area contributed by atoms with Crippen LogP contribution >= 0.6 is 27.5 Å². The van der Waals surface area contributed by atoms with Crippen LogP contribution in [0.2, 0.25) is 5.02 Å². The van der Waals surface area contributed by atoms with Gasteiger partial charge in [-0.25, -0.2) is 0 Å². The third kappa shape index (κ3) is 2.46. The lowest BCUT2D eigenvalue weighted by atomic mass is 9.89. The molecule has 0 aromatic heterocycles. The van der Waals surface area contributed by atoms with Crippen LogP contribution in [0.4, 0.5) is 5.69 Å². The minimum absolute atomic E-state index is 0.0600. The fourth-order valence-corrected chi connectivity index (χ4v) is 2.88. The van der Waals surface area contributed by atoms with Gasteiger partial charge in [0, 0.05) is 10.0 Å². The number of nitro benzene ring substituents is 1. The predicted molar refractivity (Wildman–Crippen MR) is 72.3 cm³/mol. The quantitative estimate of drug-likeness (QED) is 0.643. The Labute approximate surface area is 117 Å². The van der Waals surface area contributed by atoms with Gasteiger partial charge in [-0.2, -0.15) is 0 Å². The number of rotatable bonds is 2. The largest absolute Gasteiger partial charge is 0.502 e. The third-order valence-corrected chi connectivity index (χ3v) is 4.40. The molecule has 1 heterocycles. The maximum Gasteiger partial charge on any atom is 0.330 e. The fraction of sp³-hybridized carbons (Fsp3) is 0.455. The lowest BCUT2D eigenvalue weighted by molar-refractivity contribution is -0.385. The molecule has 0 atom stereocenters. The molecule has 1 fully saturated rings. The topological polar surface area (TPSA) is 75.4 Å². The summed E-state index contributed by atoms with van der Waals surface area (Å²) in [5, 5.41) is 24.2. The van der Waals surface area contributed by atoms with Gasteiger partial charge in [-0.3, -0.25) is 10.1 Å². The van der Waals surface area contributed by atoms with E-state index in [0.717, 1.165) is 25.9 Å². The average Bonchev–Trinajstić information content (AvgIpc) is 2.34. The molecule has 0 radical (unpaired) electrons. The lowest BCUT2D eigenvalue weighted by Gasteiger charge is -2.23. The number of hydrogen-bond donors (Lipinski definition) is 2. The van der Waals surface area contributed by atoms with Crippen LogP contribution in [0.3, 0.4) is 0 Å². The molecular weight excluding hydrogens is 323 g/mol. The zero-order valence-electron chi connectivity index (χ0n) is 9.45. The first-order valence-corrected chi connectivity index (χ1v) is 6.75. The molecule has 0 spiro atoms. The Morgan fingerprint density at radius 2 is 2.11 bits per heavy atom. The molecule has 1 saturated heterocycles. The number of halogens is 2. The van der Waals surface area contributed by atoms with Gasteiger partial charge in [-0.1, -0.05) is 11.6 Å². The van der Waals surface area contributed by atoms with E-state index in [0.29, 0.717) is 10.0 Å². The standard InChI is InChI=1S/C11H12BrClN2O3/c12-8-5-7(6-1-3-14-4-2-6)11(16)10(9(8)13)15(17)18/h5-6,14,16H,1-4H2. The molecule has 1 aromatic carbocycles. The van der Waals surface area contributed by atoms with Crippen LogP contribution in [0.1, 0.15) is 24.3 Å². The highest BCUT2D eigenvalue weighted by Gasteiger charge is 2.29. The number of phenols is 1. The number of nitrogens with one attached hydrogen (secondary N) is 1. The Hall–Kier alpha value is -0.850. The molecule has 0 saturated carbocycles. The van der Waals surface area contributed by atoms with Gasteiger partial charge in [-0.05, 0) is 53.8 Å². The molecule has 0 bridgehead atoms. The molecular formula is C11H12BrClN2O3. The van der Waals surface area contributed by atoms with Gasteiger partial charge < -0.3 is 10.4 Å². The van der Waals surface area contributed by atoms with E-state index in [9.17, 15) is 15.2 Å². The van der Waals surface area contributed by atoms with E-state index >= 15 is 0 Å². The van der Waals surface area contributed by atoms with Crippen molar-refractivity contribution < 1.29 is 10.0 Å². The van der Waals surface area contributed by atoms with Crippen molar-refractivity contribution in [3.63, 3.8) is 0 Å². The predicted octanol–water partition coefficient (Wildman–Crippen LogP) is 3.18. The number of hydrogen-bond acceptors (Lipinski definition) is 4. The van der Waals surface area contributed by atoms with E-state index in [1.807, 2.05) is 0 Å². The van der Waals surface area contributed by atoms with Crippen LogP contribution < -0.4 is 5.32 Å². The van der Waals surface area contributed by atoms with E-state index in [1.165, 1.54) is 0 Å². The molecule has 0 unspecified atom stereocenters. The number of benzene rings is 1. The summed E-state index contributed by atoms with van der Waals surface area (Å²) in [6.07, 6.45) is 1.69. The molecule has 2 rings (SSSR count). The van der Waals surface area contributed by atoms with Crippen LogP contribution in [0.5, 0.6) is 5.75 Å². The van der Waals surface area contributed by atoms with Crippen molar-refractivity contribution in [1.82, 2.24) is 5.32 Å². The van der Waals surface area contributed by atoms with Gasteiger partial charge in [0.2, 0.25) is 0 Å². The smallest absolute Gasteiger partial charge is 0.330 e. The van der Waals surface area contributed by atoms with Crippen molar-refractivity contribution in [3.8, 4) is 5.75 Å². The monoisotopic (exact) mass is 334 g/mol. The fourth-order valence-electron chi connectivity index (χ4n) is 2.23.